The van der Waals surface area contributed by atoms with E-state index in [1.165, 1.54) is 0 Å². The van der Waals surface area contributed by atoms with Gasteiger partial charge >= 0.3 is 5.97 Å². The number of hydrogen-bond acceptors (Lipinski definition) is 4. The molecular formula is C12H23NO3. The zero-order valence-corrected chi connectivity index (χ0v) is 10.5. The Morgan fingerprint density at radius 2 is 2.25 bits per heavy atom. The van der Waals surface area contributed by atoms with Crippen molar-refractivity contribution in [3.05, 3.63) is 0 Å². The summed E-state index contributed by atoms with van der Waals surface area (Å²) in [5.74, 6) is 0.532. The third kappa shape index (κ3) is 4.49. The van der Waals surface area contributed by atoms with Gasteiger partial charge in [-0.25, -0.2) is 0 Å². The topological polar surface area (TPSA) is 47.6 Å². The van der Waals surface area contributed by atoms with Crippen molar-refractivity contribution >= 4 is 5.97 Å². The molecule has 1 saturated heterocycles. The second-order valence-electron chi connectivity index (χ2n) is 4.76. The van der Waals surface area contributed by atoms with Gasteiger partial charge in [0.15, 0.2) is 0 Å². The molecule has 1 aliphatic rings. The van der Waals surface area contributed by atoms with Crippen molar-refractivity contribution < 1.29 is 14.3 Å². The summed E-state index contributed by atoms with van der Waals surface area (Å²) in [6.45, 7) is 5.61. The molecule has 2 atom stereocenters. The Morgan fingerprint density at radius 3 is 2.81 bits per heavy atom. The van der Waals surface area contributed by atoms with Crippen molar-refractivity contribution in [2.24, 2.45) is 5.92 Å². The summed E-state index contributed by atoms with van der Waals surface area (Å²) in [7, 11) is 1.67. The van der Waals surface area contributed by atoms with E-state index in [0.717, 1.165) is 25.8 Å². The fraction of sp³-hybridized carbons (Fsp3) is 0.917. The Bertz CT molecular complexity index is 218. The Kier molecular flexibility index (Phi) is 5.77. The van der Waals surface area contributed by atoms with Gasteiger partial charge in [0.1, 0.15) is 6.04 Å². The van der Waals surface area contributed by atoms with Gasteiger partial charge in [-0.05, 0) is 18.8 Å². The van der Waals surface area contributed by atoms with Crippen LogP contribution in [0.25, 0.3) is 0 Å². The predicted octanol–water partition coefficient (Wildman–Crippen LogP) is 1.34. The molecule has 0 bridgehead atoms. The molecule has 2 unspecified atom stereocenters. The average molecular weight is 229 g/mol. The van der Waals surface area contributed by atoms with E-state index in [4.69, 9.17) is 9.47 Å². The summed E-state index contributed by atoms with van der Waals surface area (Å²) in [5.41, 5.74) is 0. The van der Waals surface area contributed by atoms with Crippen LogP contribution in [-0.2, 0) is 14.3 Å². The Hall–Kier alpha value is -0.610. The van der Waals surface area contributed by atoms with Crippen LogP contribution in [-0.4, -0.2) is 38.4 Å². The van der Waals surface area contributed by atoms with Crippen LogP contribution >= 0.6 is 0 Å². The largest absolute Gasteiger partial charge is 0.465 e. The number of carbonyl (C=O) groups excluding carboxylic acids is 1. The highest BCUT2D eigenvalue weighted by Crippen LogP contribution is 2.11. The second-order valence-corrected chi connectivity index (χ2v) is 4.76. The first-order valence-electron chi connectivity index (χ1n) is 6.06. The number of hydrogen-bond donors (Lipinski definition) is 1. The van der Waals surface area contributed by atoms with Crippen LogP contribution in [0.3, 0.4) is 0 Å². The van der Waals surface area contributed by atoms with Crippen LogP contribution in [0, 0.1) is 5.92 Å². The summed E-state index contributed by atoms with van der Waals surface area (Å²) in [6.07, 6.45) is 2.92. The zero-order valence-electron chi connectivity index (χ0n) is 10.5. The number of carbonyl (C=O) groups is 1. The molecular weight excluding hydrogens is 206 g/mol. The molecule has 1 N–H and O–H groups in total. The SMILES string of the molecule is COC1CNC(C(=O)OCCCC(C)C)C1. The Balaban J connectivity index is 2.11. The van der Waals surface area contributed by atoms with Crippen molar-refractivity contribution in [2.75, 3.05) is 20.3 Å². The minimum absolute atomic E-state index is 0.136. The molecule has 94 valence electrons. The van der Waals surface area contributed by atoms with Gasteiger partial charge in [-0.15, -0.1) is 0 Å². The molecule has 1 fully saturated rings. The van der Waals surface area contributed by atoms with E-state index in [0.29, 0.717) is 12.5 Å². The number of nitrogens with one attached hydrogen (secondary N) is 1. The molecule has 1 heterocycles. The quantitative estimate of drug-likeness (QED) is 0.551. The fourth-order valence-corrected chi connectivity index (χ4v) is 1.83. The van der Waals surface area contributed by atoms with Gasteiger partial charge in [0.05, 0.1) is 12.7 Å². The van der Waals surface area contributed by atoms with Gasteiger partial charge < -0.3 is 14.8 Å². The van der Waals surface area contributed by atoms with Crippen molar-refractivity contribution in [2.45, 2.75) is 45.3 Å². The lowest BCUT2D eigenvalue weighted by molar-refractivity contribution is -0.146. The van der Waals surface area contributed by atoms with Crippen LogP contribution in [0.15, 0.2) is 0 Å². The van der Waals surface area contributed by atoms with E-state index in [1.807, 2.05) is 0 Å². The highest BCUT2D eigenvalue weighted by molar-refractivity contribution is 5.76. The first kappa shape index (κ1) is 13.5. The number of rotatable bonds is 6. The maximum atomic E-state index is 11.6. The van der Waals surface area contributed by atoms with Gasteiger partial charge in [-0.2, -0.15) is 0 Å². The highest BCUT2D eigenvalue weighted by atomic mass is 16.5. The van der Waals surface area contributed by atoms with Crippen LogP contribution in [0.4, 0.5) is 0 Å². The summed E-state index contributed by atoms with van der Waals surface area (Å²) in [5, 5.41) is 3.11. The van der Waals surface area contributed by atoms with Crippen LogP contribution in [0.1, 0.15) is 33.1 Å². The van der Waals surface area contributed by atoms with Gasteiger partial charge in [-0.1, -0.05) is 13.8 Å². The molecule has 4 nitrogen and oxygen atoms in total. The fourth-order valence-electron chi connectivity index (χ4n) is 1.83. The molecule has 0 aromatic heterocycles. The van der Waals surface area contributed by atoms with Crippen LogP contribution in [0.5, 0.6) is 0 Å². The minimum atomic E-state index is -0.177. The van der Waals surface area contributed by atoms with E-state index in [2.05, 4.69) is 19.2 Å². The third-order valence-corrected chi connectivity index (χ3v) is 2.88. The lowest BCUT2D eigenvalue weighted by Crippen LogP contribution is -2.32. The average Bonchev–Trinajstić information content (AvgIpc) is 2.72. The maximum Gasteiger partial charge on any atom is 0.323 e. The molecule has 0 aromatic rings. The van der Waals surface area contributed by atoms with Crippen molar-refractivity contribution in [3.63, 3.8) is 0 Å². The van der Waals surface area contributed by atoms with Crippen LogP contribution in [0.2, 0.25) is 0 Å². The summed E-state index contributed by atoms with van der Waals surface area (Å²) >= 11 is 0. The summed E-state index contributed by atoms with van der Waals surface area (Å²) in [4.78, 5) is 11.6. The minimum Gasteiger partial charge on any atom is -0.465 e. The molecule has 0 spiro atoms. The first-order chi connectivity index (χ1) is 7.63. The van der Waals surface area contributed by atoms with E-state index in [9.17, 15) is 4.79 Å². The smallest absolute Gasteiger partial charge is 0.323 e. The molecule has 0 saturated carbocycles. The van der Waals surface area contributed by atoms with Gasteiger partial charge in [0, 0.05) is 20.1 Å². The summed E-state index contributed by atoms with van der Waals surface area (Å²) in [6, 6.07) is -0.177. The highest BCUT2D eigenvalue weighted by Gasteiger charge is 2.30. The van der Waals surface area contributed by atoms with E-state index >= 15 is 0 Å². The number of methoxy groups -OCH3 is 1. The molecule has 0 amide bonds. The van der Waals surface area contributed by atoms with E-state index in [-0.39, 0.29) is 18.1 Å². The lowest BCUT2D eigenvalue weighted by atomic mass is 10.1. The molecule has 16 heavy (non-hydrogen) atoms. The van der Waals surface area contributed by atoms with Crippen molar-refractivity contribution in [1.82, 2.24) is 5.32 Å². The van der Waals surface area contributed by atoms with Crippen molar-refractivity contribution in [1.29, 1.82) is 0 Å². The maximum absolute atomic E-state index is 11.6. The molecule has 1 aliphatic heterocycles. The van der Waals surface area contributed by atoms with Gasteiger partial charge in [0.2, 0.25) is 0 Å². The van der Waals surface area contributed by atoms with Gasteiger partial charge in [0.25, 0.3) is 0 Å². The second kappa shape index (κ2) is 6.86. The monoisotopic (exact) mass is 229 g/mol. The van der Waals surface area contributed by atoms with Crippen molar-refractivity contribution in [3.8, 4) is 0 Å². The van der Waals surface area contributed by atoms with E-state index < -0.39 is 0 Å². The Morgan fingerprint density at radius 1 is 1.50 bits per heavy atom. The van der Waals surface area contributed by atoms with Crippen LogP contribution < -0.4 is 5.32 Å². The number of ether oxygens (including phenoxy) is 2. The Labute approximate surface area is 97.7 Å². The lowest BCUT2D eigenvalue weighted by Gasteiger charge is -2.11. The third-order valence-electron chi connectivity index (χ3n) is 2.88. The molecule has 0 aliphatic carbocycles. The first-order valence-corrected chi connectivity index (χ1v) is 6.06. The molecule has 0 aromatic carbocycles. The molecule has 0 radical (unpaired) electrons. The predicted molar refractivity (Wildman–Crippen MR) is 62.2 cm³/mol. The summed E-state index contributed by atoms with van der Waals surface area (Å²) < 4.78 is 10.4. The van der Waals surface area contributed by atoms with E-state index in [1.54, 1.807) is 7.11 Å². The normalized spacial score (nSPS) is 25.0. The number of esters is 1. The van der Waals surface area contributed by atoms with Gasteiger partial charge in [-0.3, -0.25) is 4.79 Å². The molecule has 1 rings (SSSR count). The molecule has 4 heteroatoms. The standard InChI is InChI=1S/C12H23NO3/c1-9(2)5-4-6-16-12(14)11-7-10(15-3)8-13-11/h9-11,13H,4-8H2,1-3H3. The zero-order chi connectivity index (χ0) is 12.0.